The summed E-state index contributed by atoms with van der Waals surface area (Å²) in [5, 5.41) is 6.58. The third-order valence-electron chi connectivity index (χ3n) is 5.63. The Hall–Kier alpha value is -2.20. The molecule has 1 aromatic carbocycles. The van der Waals surface area contributed by atoms with Gasteiger partial charge in [-0.3, -0.25) is 9.78 Å². The van der Waals surface area contributed by atoms with Gasteiger partial charge in [0.15, 0.2) is 0 Å². The van der Waals surface area contributed by atoms with Gasteiger partial charge < -0.3 is 10.6 Å². The van der Waals surface area contributed by atoms with Crippen LogP contribution in [0, 0.1) is 12.8 Å². The van der Waals surface area contributed by atoms with Crippen LogP contribution in [0.15, 0.2) is 30.5 Å². The zero-order valence-electron chi connectivity index (χ0n) is 14.8. The van der Waals surface area contributed by atoms with Crippen molar-refractivity contribution >= 4 is 5.91 Å². The second kappa shape index (κ2) is 6.96. The molecule has 1 unspecified atom stereocenters. The molecule has 2 aliphatic rings. The predicted molar refractivity (Wildman–Crippen MR) is 98.2 cm³/mol. The van der Waals surface area contributed by atoms with Gasteiger partial charge in [0.2, 0.25) is 5.91 Å². The highest BCUT2D eigenvalue weighted by Gasteiger charge is 2.25. The number of nitrogens with zero attached hydrogens (tertiary/aromatic N) is 1. The number of amides is 1. The minimum absolute atomic E-state index is 0.0874. The van der Waals surface area contributed by atoms with E-state index in [4.69, 9.17) is 0 Å². The Morgan fingerprint density at radius 1 is 1.24 bits per heavy atom. The van der Waals surface area contributed by atoms with E-state index in [1.807, 2.05) is 13.1 Å². The lowest BCUT2D eigenvalue weighted by atomic mass is 9.83. The van der Waals surface area contributed by atoms with Gasteiger partial charge in [0.25, 0.3) is 0 Å². The molecule has 0 spiro atoms. The number of hydrogen-bond acceptors (Lipinski definition) is 3. The molecule has 0 bridgehead atoms. The number of carbonyl (C=O) groups is 1. The molecule has 2 aromatic rings. The van der Waals surface area contributed by atoms with E-state index in [2.05, 4.69) is 39.9 Å². The van der Waals surface area contributed by atoms with Gasteiger partial charge in [-0.05, 0) is 67.0 Å². The summed E-state index contributed by atoms with van der Waals surface area (Å²) < 4.78 is 0. The number of rotatable bonds is 3. The van der Waals surface area contributed by atoms with Crippen LogP contribution in [-0.4, -0.2) is 17.4 Å². The first-order valence-corrected chi connectivity index (χ1v) is 9.24. The van der Waals surface area contributed by atoms with E-state index >= 15 is 0 Å². The van der Waals surface area contributed by atoms with Crippen LogP contribution >= 0.6 is 0 Å². The molecule has 0 saturated heterocycles. The lowest BCUT2D eigenvalue weighted by Gasteiger charge is -2.25. The Balaban J connectivity index is 1.45. The van der Waals surface area contributed by atoms with Gasteiger partial charge in [-0.25, -0.2) is 0 Å². The Kier molecular flexibility index (Phi) is 4.53. The van der Waals surface area contributed by atoms with Crippen LogP contribution in [0.3, 0.4) is 0 Å². The quantitative estimate of drug-likeness (QED) is 0.906. The molecule has 1 aliphatic carbocycles. The first-order valence-electron chi connectivity index (χ1n) is 9.24. The average Bonchev–Trinajstić information content (AvgIpc) is 2.66. The highest BCUT2D eigenvalue weighted by molar-refractivity contribution is 5.79. The van der Waals surface area contributed by atoms with Crippen molar-refractivity contribution in [2.75, 3.05) is 6.54 Å². The summed E-state index contributed by atoms with van der Waals surface area (Å²) in [5.74, 6) is 0.268. The number of hydrogen-bond donors (Lipinski definition) is 2. The van der Waals surface area contributed by atoms with Crippen LogP contribution < -0.4 is 10.6 Å². The summed E-state index contributed by atoms with van der Waals surface area (Å²) in [6.45, 7) is 4.51. The molecular weight excluding hydrogens is 310 g/mol. The number of aryl methyl sites for hydroxylation is 2. The molecule has 2 heterocycles. The summed E-state index contributed by atoms with van der Waals surface area (Å²) in [7, 11) is 0. The molecule has 4 heteroatoms. The predicted octanol–water partition coefficient (Wildman–Crippen LogP) is 2.46. The van der Waals surface area contributed by atoms with Crippen molar-refractivity contribution in [2.45, 2.75) is 45.7 Å². The molecule has 130 valence electrons. The van der Waals surface area contributed by atoms with Crippen molar-refractivity contribution in [1.29, 1.82) is 0 Å². The summed E-state index contributed by atoms with van der Waals surface area (Å²) in [6, 6.07) is 8.49. The first kappa shape index (κ1) is 16.3. The summed E-state index contributed by atoms with van der Waals surface area (Å²) in [6.07, 6.45) is 5.79. The van der Waals surface area contributed by atoms with Crippen molar-refractivity contribution in [3.05, 3.63) is 64.0 Å². The van der Waals surface area contributed by atoms with Gasteiger partial charge in [-0.15, -0.1) is 0 Å². The fraction of sp³-hybridized carbons (Fsp3) is 0.429. The second-order valence-electron chi connectivity index (χ2n) is 7.18. The van der Waals surface area contributed by atoms with E-state index in [1.165, 1.54) is 27.8 Å². The van der Waals surface area contributed by atoms with Crippen molar-refractivity contribution < 1.29 is 4.79 Å². The molecule has 2 N–H and O–H groups in total. The monoisotopic (exact) mass is 335 g/mol. The lowest BCUT2D eigenvalue weighted by Crippen LogP contribution is -2.35. The Labute approximate surface area is 149 Å². The van der Waals surface area contributed by atoms with E-state index in [9.17, 15) is 4.79 Å². The fourth-order valence-electron chi connectivity index (χ4n) is 4.12. The van der Waals surface area contributed by atoms with Gasteiger partial charge in [0, 0.05) is 30.9 Å². The maximum absolute atomic E-state index is 12.7. The maximum Gasteiger partial charge on any atom is 0.223 e. The molecule has 1 aromatic heterocycles. The van der Waals surface area contributed by atoms with E-state index in [-0.39, 0.29) is 11.8 Å². The lowest BCUT2D eigenvalue weighted by molar-refractivity contribution is -0.125. The minimum atomic E-state index is 0.0874. The first-order chi connectivity index (χ1) is 12.2. The summed E-state index contributed by atoms with van der Waals surface area (Å²) >= 11 is 0. The van der Waals surface area contributed by atoms with Gasteiger partial charge in [-0.2, -0.15) is 0 Å². The third-order valence-corrected chi connectivity index (χ3v) is 5.63. The molecule has 4 rings (SSSR count). The molecule has 4 nitrogen and oxygen atoms in total. The average molecular weight is 335 g/mol. The Bertz CT molecular complexity index is 800. The van der Waals surface area contributed by atoms with E-state index in [0.717, 1.165) is 44.5 Å². The molecule has 1 atom stereocenters. The van der Waals surface area contributed by atoms with Crippen LogP contribution in [0.4, 0.5) is 0 Å². The summed E-state index contributed by atoms with van der Waals surface area (Å²) in [5.41, 5.74) is 7.62. The zero-order chi connectivity index (χ0) is 17.2. The molecule has 1 amide bonds. The molecule has 0 saturated carbocycles. The van der Waals surface area contributed by atoms with Crippen molar-refractivity contribution in [1.82, 2.24) is 15.6 Å². The minimum Gasteiger partial charge on any atom is -0.352 e. The van der Waals surface area contributed by atoms with E-state index < -0.39 is 0 Å². The largest absolute Gasteiger partial charge is 0.352 e. The van der Waals surface area contributed by atoms with Gasteiger partial charge in [0.1, 0.15) is 0 Å². The number of benzene rings is 1. The summed E-state index contributed by atoms with van der Waals surface area (Å²) in [4.78, 5) is 17.2. The van der Waals surface area contributed by atoms with E-state index in [1.54, 1.807) is 0 Å². The highest BCUT2D eigenvalue weighted by Crippen LogP contribution is 2.26. The molecule has 0 radical (unpaired) electrons. The van der Waals surface area contributed by atoms with Crippen LogP contribution in [0.5, 0.6) is 0 Å². The number of nitrogens with one attached hydrogen (secondary N) is 2. The van der Waals surface area contributed by atoms with Gasteiger partial charge in [0.05, 0.1) is 0 Å². The third kappa shape index (κ3) is 3.31. The zero-order valence-corrected chi connectivity index (χ0v) is 14.8. The van der Waals surface area contributed by atoms with Crippen LogP contribution in [0.1, 0.15) is 39.9 Å². The van der Waals surface area contributed by atoms with Crippen LogP contribution in [0.2, 0.25) is 0 Å². The molecular formula is C21H25N3O. The van der Waals surface area contributed by atoms with Crippen LogP contribution in [-0.2, 0) is 37.1 Å². The fourth-order valence-corrected chi connectivity index (χ4v) is 4.12. The second-order valence-corrected chi connectivity index (χ2v) is 7.18. The van der Waals surface area contributed by atoms with Crippen molar-refractivity contribution in [3.63, 3.8) is 0 Å². The van der Waals surface area contributed by atoms with Crippen molar-refractivity contribution in [3.8, 4) is 0 Å². The highest BCUT2D eigenvalue weighted by atomic mass is 16.1. The number of aromatic nitrogens is 1. The number of carbonyl (C=O) groups excluding carboxylic acids is 1. The maximum atomic E-state index is 12.7. The standard InChI is InChI=1S/C21H25N3O/c1-14-20(19-8-9-22-11-18(19)12-23-14)13-24-21(25)17-7-6-15-4-2-3-5-16(15)10-17/h2-5,12,17,22H,6-11,13H2,1H3,(H,24,25). The molecule has 25 heavy (non-hydrogen) atoms. The van der Waals surface area contributed by atoms with Gasteiger partial charge in [-0.1, -0.05) is 24.3 Å². The number of fused-ring (bicyclic) bond motifs is 2. The van der Waals surface area contributed by atoms with Crippen LogP contribution in [0.25, 0.3) is 0 Å². The Morgan fingerprint density at radius 2 is 2.08 bits per heavy atom. The van der Waals surface area contributed by atoms with Gasteiger partial charge >= 0.3 is 0 Å². The Morgan fingerprint density at radius 3 is 2.96 bits per heavy atom. The SMILES string of the molecule is Cc1ncc2c(c1CNC(=O)C1CCc3ccccc3C1)CCNC2. The number of pyridine rings is 1. The van der Waals surface area contributed by atoms with Crippen molar-refractivity contribution in [2.24, 2.45) is 5.92 Å². The van der Waals surface area contributed by atoms with E-state index in [0.29, 0.717) is 6.54 Å². The molecule has 1 aliphatic heterocycles. The topological polar surface area (TPSA) is 54.0 Å². The molecule has 0 fully saturated rings. The smallest absolute Gasteiger partial charge is 0.223 e. The normalized spacial score (nSPS) is 19.0.